The van der Waals surface area contributed by atoms with E-state index in [1.54, 1.807) is 61.5 Å². The first-order chi connectivity index (χ1) is 17.0. The number of aryl methyl sites for hydroxylation is 1. The number of alkyl halides is 3. The summed E-state index contributed by atoms with van der Waals surface area (Å²) >= 11 is 0. The Morgan fingerprint density at radius 3 is 2.36 bits per heavy atom. The molecule has 4 rings (SSSR count). The molecule has 0 saturated heterocycles. The van der Waals surface area contributed by atoms with Crippen LogP contribution in [0.5, 0.6) is 0 Å². The summed E-state index contributed by atoms with van der Waals surface area (Å²) in [6.45, 7) is 0. The lowest BCUT2D eigenvalue weighted by atomic mass is 9.90. The molecule has 6 nitrogen and oxygen atoms in total. The Morgan fingerprint density at radius 2 is 1.72 bits per heavy atom. The van der Waals surface area contributed by atoms with Gasteiger partial charge in [0.25, 0.3) is 5.56 Å². The normalized spacial score (nSPS) is 12.7. The number of ether oxygens (including phenoxy) is 1. The maximum absolute atomic E-state index is 14.6. The molecule has 4 aromatic rings. The van der Waals surface area contributed by atoms with Crippen LogP contribution in [0.3, 0.4) is 0 Å². The molecule has 0 unspecified atom stereocenters. The third kappa shape index (κ3) is 4.30. The van der Waals surface area contributed by atoms with Crippen LogP contribution in [0.2, 0.25) is 0 Å². The molecule has 0 amide bonds. The van der Waals surface area contributed by atoms with Gasteiger partial charge < -0.3 is 19.9 Å². The minimum Gasteiger partial charge on any atom is -0.468 e. The molecule has 3 aromatic carbocycles. The summed E-state index contributed by atoms with van der Waals surface area (Å²) in [5, 5.41) is 0.998. The molecule has 188 valence electrons. The number of pyridine rings is 1. The fraction of sp³-hybridized carbons (Fsp3) is 0.259. The summed E-state index contributed by atoms with van der Waals surface area (Å²) in [7, 11) is 6.26. The fourth-order valence-electron chi connectivity index (χ4n) is 4.59. The molecule has 1 atom stereocenters. The molecule has 2 N–H and O–H groups in total. The first-order valence-corrected chi connectivity index (χ1v) is 11.2. The molecule has 0 aliphatic heterocycles. The smallest absolute Gasteiger partial charge is 0.417 e. The molecular weight excluding hydrogens is 471 g/mol. The van der Waals surface area contributed by atoms with E-state index < -0.39 is 34.9 Å². The molecule has 0 aliphatic carbocycles. The number of anilines is 1. The number of aromatic nitrogens is 1. The Balaban J connectivity index is 2.06. The van der Waals surface area contributed by atoms with E-state index in [9.17, 15) is 22.8 Å². The van der Waals surface area contributed by atoms with Crippen molar-refractivity contribution < 1.29 is 22.7 Å². The van der Waals surface area contributed by atoms with Gasteiger partial charge in [-0.15, -0.1) is 0 Å². The minimum atomic E-state index is -4.78. The number of hydrogen-bond acceptors (Lipinski definition) is 5. The maximum Gasteiger partial charge on any atom is 0.417 e. The highest BCUT2D eigenvalue weighted by Gasteiger charge is 2.38. The lowest BCUT2D eigenvalue weighted by Crippen LogP contribution is -2.33. The van der Waals surface area contributed by atoms with E-state index in [-0.39, 0.29) is 22.9 Å². The summed E-state index contributed by atoms with van der Waals surface area (Å²) in [4.78, 5) is 27.1. The van der Waals surface area contributed by atoms with Crippen LogP contribution >= 0.6 is 0 Å². The monoisotopic (exact) mass is 497 g/mol. The standard InChI is InChI=1S/C27H26F3N3O3/c1-32(2)16-11-12-20-22(14-16)33(3)25(34)23(24(20)27(28,29)30)19-10-6-8-17-15(7-5-9-18(17)19)13-21(31)26(35)36-4/h5-12,14,21H,13,31H2,1-4H3/t21-/m0/s1. The highest BCUT2D eigenvalue weighted by Crippen LogP contribution is 2.42. The van der Waals surface area contributed by atoms with Crippen LogP contribution in [0.15, 0.2) is 59.4 Å². The molecule has 0 radical (unpaired) electrons. The molecule has 0 aliphatic rings. The van der Waals surface area contributed by atoms with E-state index in [1.165, 1.54) is 30.9 Å². The molecule has 1 heterocycles. The average Bonchev–Trinajstić information content (AvgIpc) is 2.84. The summed E-state index contributed by atoms with van der Waals surface area (Å²) < 4.78 is 49.7. The van der Waals surface area contributed by atoms with Crippen LogP contribution in [0, 0.1) is 0 Å². The van der Waals surface area contributed by atoms with Gasteiger partial charge in [-0.1, -0.05) is 42.5 Å². The zero-order valence-electron chi connectivity index (χ0n) is 20.3. The van der Waals surface area contributed by atoms with Gasteiger partial charge in [-0.3, -0.25) is 9.59 Å². The van der Waals surface area contributed by atoms with Gasteiger partial charge >= 0.3 is 12.1 Å². The van der Waals surface area contributed by atoms with Crippen molar-refractivity contribution in [2.24, 2.45) is 12.8 Å². The van der Waals surface area contributed by atoms with Crippen molar-refractivity contribution in [3.05, 3.63) is 76.1 Å². The highest BCUT2D eigenvalue weighted by atomic mass is 19.4. The molecular formula is C27H26F3N3O3. The lowest BCUT2D eigenvalue weighted by Gasteiger charge is -2.21. The lowest BCUT2D eigenvalue weighted by molar-refractivity contribution is -0.142. The van der Waals surface area contributed by atoms with Crippen LogP contribution in [0.1, 0.15) is 11.1 Å². The maximum atomic E-state index is 14.6. The second-order valence-electron chi connectivity index (χ2n) is 8.86. The Kier molecular flexibility index (Phi) is 6.53. The molecule has 0 fully saturated rings. The third-order valence-electron chi connectivity index (χ3n) is 6.41. The van der Waals surface area contributed by atoms with Crippen LogP contribution in [0.4, 0.5) is 18.9 Å². The first-order valence-electron chi connectivity index (χ1n) is 11.2. The Morgan fingerprint density at radius 1 is 1.06 bits per heavy atom. The van der Waals surface area contributed by atoms with Crippen molar-refractivity contribution in [1.82, 2.24) is 4.57 Å². The quantitative estimate of drug-likeness (QED) is 0.411. The molecule has 0 saturated carbocycles. The largest absolute Gasteiger partial charge is 0.468 e. The molecule has 1 aromatic heterocycles. The Bertz CT molecular complexity index is 1540. The number of halogens is 3. The van der Waals surface area contributed by atoms with Gasteiger partial charge in [0.2, 0.25) is 0 Å². The van der Waals surface area contributed by atoms with Crippen LogP contribution in [-0.2, 0) is 29.2 Å². The van der Waals surface area contributed by atoms with Crippen molar-refractivity contribution in [1.29, 1.82) is 0 Å². The van der Waals surface area contributed by atoms with E-state index in [4.69, 9.17) is 10.5 Å². The van der Waals surface area contributed by atoms with Gasteiger partial charge in [0.1, 0.15) is 6.04 Å². The minimum absolute atomic E-state index is 0.0638. The van der Waals surface area contributed by atoms with Crippen LogP contribution in [0.25, 0.3) is 32.8 Å². The Labute approximate surface area is 205 Å². The van der Waals surface area contributed by atoms with E-state index in [0.717, 1.165) is 0 Å². The van der Waals surface area contributed by atoms with E-state index in [1.807, 2.05) is 0 Å². The zero-order chi connectivity index (χ0) is 26.4. The topological polar surface area (TPSA) is 77.6 Å². The van der Waals surface area contributed by atoms with Crippen molar-refractivity contribution in [3.8, 4) is 11.1 Å². The summed E-state index contributed by atoms with van der Waals surface area (Å²) in [5.74, 6) is -0.594. The van der Waals surface area contributed by atoms with E-state index in [0.29, 0.717) is 22.0 Å². The number of nitrogens with two attached hydrogens (primary N) is 1. The second-order valence-corrected chi connectivity index (χ2v) is 8.86. The highest BCUT2D eigenvalue weighted by molar-refractivity contribution is 6.02. The van der Waals surface area contributed by atoms with Crippen molar-refractivity contribution in [2.45, 2.75) is 18.6 Å². The van der Waals surface area contributed by atoms with E-state index in [2.05, 4.69) is 0 Å². The van der Waals surface area contributed by atoms with Gasteiger partial charge in [0, 0.05) is 32.2 Å². The number of nitrogens with zero attached hydrogens (tertiary/aromatic N) is 2. The Hall–Kier alpha value is -3.85. The van der Waals surface area contributed by atoms with Gasteiger partial charge in [-0.2, -0.15) is 13.2 Å². The average molecular weight is 498 g/mol. The summed E-state index contributed by atoms with van der Waals surface area (Å²) in [5.41, 5.74) is 5.47. The molecule has 0 bridgehead atoms. The van der Waals surface area contributed by atoms with Gasteiger partial charge in [0.15, 0.2) is 0 Å². The predicted molar refractivity (Wildman–Crippen MR) is 135 cm³/mol. The molecule has 0 spiro atoms. The van der Waals surface area contributed by atoms with Crippen molar-refractivity contribution in [2.75, 3.05) is 26.1 Å². The molecule has 36 heavy (non-hydrogen) atoms. The van der Waals surface area contributed by atoms with E-state index >= 15 is 0 Å². The van der Waals surface area contributed by atoms with Crippen molar-refractivity contribution >= 4 is 33.3 Å². The third-order valence-corrected chi connectivity index (χ3v) is 6.41. The van der Waals surface area contributed by atoms with Crippen LogP contribution < -0.4 is 16.2 Å². The number of esters is 1. The fourth-order valence-corrected chi connectivity index (χ4v) is 4.59. The number of carbonyl (C=O) groups excluding carboxylic acids is 1. The number of hydrogen-bond donors (Lipinski definition) is 1. The number of fused-ring (bicyclic) bond motifs is 2. The van der Waals surface area contributed by atoms with Crippen molar-refractivity contribution in [3.63, 3.8) is 0 Å². The SMILES string of the molecule is COC(=O)[C@@H](N)Cc1cccc2c(-c3c(C(F)(F)F)c4ccc(N(C)C)cc4n(C)c3=O)cccc12. The summed E-state index contributed by atoms with van der Waals surface area (Å²) in [6, 6.07) is 13.6. The van der Waals surface area contributed by atoms with Gasteiger partial charge in [-0.25, -0.2) is 0 Å². The number of methoxy groups -OCH3 is 1. The summed E-state index contributed by atoms with van der Waals surface area (Å²) in [6.07, 6.45) is -4.66. The number of carbonyl (C=O) groups is 1. The first kappa shape index (κ1) is 25.2. The second kappa shape index (κ2) is 9.31. The van der Waals surface area contributed by atoms with Gasteiger partial charge in [0.05, 0.1) is 23.8 Å². The molecule has 9 heteroatoms. The van der Waals surface area contributed by atoms with Crippen LogP contribution in [-0.4, -0.2) is 37.8 Å². The number of benzene rings is 3. The zero-order valence-corrected chi connectivity index (χ0v) is 20.3. The van der Waals surface area contributed by atoms with Gasteiger partial charge in [-0.05, 0) is 40.5 Å². The predicted octanol–water partition coefficient (Wildman–Crippen LogP) is 4.49. The number of rotatable bonds is 5.